The second kappa shape index (κ2) is 7.56. The zero-order valence-corrected chi connectivity index (χ0v) is 16.1. The summed E-state index contributed by atoms with van der Waals surface area (Å²) < 4.78 is 2.17. The fourth-order valence-electron chi connectivity index (χ4n) is 4.14. The molecule has 1 aromatic carbocycles. The number of carbonyl (C=O) groups excluding carboxylic acids is 1. The summed E-state index contributed by atoms with van der Waals surface area (Å²) in [6.07, 6.45) is 3.11. The van der Waals surface area contributed by atoms with E-state index in [0.29, 0.717) is 18.3 Å². The number of likely N-dealkylation sites (N-methyl/N-ethyl adjacent to an activating group) is 1. The Balaban J connectivity index is 1.44. The first kappa shape index (κ1) is 17.8. The van der Waals surface area contributed by atoms with E-state index in [1.54, 1.807) is 0 Å². The molecule has 0 unspecified atom stereocenters. The van der Waals surface area contributed by atoms with Gasteiger partial charge in [-0.05, 0) is 43.1 Å². The van der Waals surface area contributed by atoms with Gasteiger partial charge in [-0.2, -0.15) is 5.10 Å². The van der Waals surface area contributed by atoms with E-state index in [-0.39, 0.29) is 5.91 Å². The number of nitrogens with one attached hydrogen (secondary N) is 1. The predicted molar refractivity (Wildman–Crippen MR) is 107 cm³/mol. The van der Waals surface area contributed by atoms with Crippen LogP contribution in [0.1, 0.15) is 36.5 Å². The number of aromatic nitrogens is 3. The van der Waals surface area contributed by atoms with E-state index in [4.69, 9.17) is 0 Å². The zero-order chi connectivity index (χ0) is 18.8. The van der Waals surface area contributed by atoms with Crippen LogP contribution in [0, 0.1) is 0 Å². The Bertz CT molecular complexity index is 923. The normalized spacial score (nSPS) is 17.3. The van der Waals surface area contributed by atoms with Crippen LogP contribution < -0.4 is 0 Å². The van der Waals surface area contributed by atoms with Crippen LogP contribution in [-0.2, 0) is 6.54 Å². The molecule has 1 atom stereocenters. The largest absolute Gasteiger partial charge is 0.341 e. The molecule has 0 bridgehead atoms. The summed E-state index contributed by atoms with van der Waals surface area (Å²) in [6, 6.07) is 12.8. The van der Waals surface area contributed by atoms with Crippen LogP contribution in [0.3, 0.4) is 0 Å². The van der Waals surface area contributed by atoms with E-state index < -0.39 is 0 Å². The first-order valence-electron chi connectivity index (χ1n) is 9.81. The summed E-state index contributed by atoms with van der Waals surface area (Å²) >= 11 is 0. The Labute approximate surface area is 159 Å². The highest BCUT2D eigenvalue weighted by Crippen LogP contribution is 2.19. The molecule has 0 aliphatic carbocycles. The number of amides is 1. The molecule has 2 aromatic heterocycles. The highest BCUT2D eigenvalue weighted by Gasteiger charge is 2.30. The highest BCUT2D eigenvalue weighted by atomic mass is 16.2. The molecule has 6 heteroatoms. The van der Waals surface area contributed by atoms with Crippen LogP contribution >= 0.6 is 0 Å². The molecule has 0 radical (unpaired) electrons. The molecule has 4 rings (SSSR count). The first-order chi connectivity index (χ1) is 13.2. The molecular weight excluding hydrogens is 338 g/mol. The average Bonchev–Trinajstić information content (AvgIpc) is 3.43. The molecule has 1 N–H and O–H groups in total. The van der Waals surface area contributed by atoms with E-state index in [1.807, 2.05) is 23.1 Å². The van der Waals surface area contributed by atoms with Crippen molar-refractivity contribution in [2.75, 3.05) is 26.2 Å². The van der Waals surface area contributed by atoms with Gasteiger partial charge in [0.25, 0.3) is 5.91 Å². The summed E-state index contributed by atoms with van der Waals surface area (Å²) in [7, 11) is 0. The fourth-order valence-corrected chi connectivity index (χ4v) is 4.14. The monoisotopic (exact) mass is 365 g/mol. The Morgan fingerprint density at radius 1 is 1.26 bits per heavy atom. The number of likely N-dealkylation sites (tertiary alicyclic amines) is 1. The van der Waals surface area contributed by atoms with Gasteiger partial charge in [-0.15, -0.1) is 0 Å². The number of benzene rings is 1. The topological polar surface area (TPSA) is 57.2 Å². The van der Waals surface area contributed by atoms with Crippen LogP contribution in [0.4, 0.5) is 0 Å². The lowest BCUT2D eigenvalue weighted by atomic mass is 10.2. The van der Waals surface area contributed by atoms with E-state index in [1.165, 1.54) is 10.9 Å². The molecule has 1 aliphatic rings. The van der Waals surface area contributed by atoms with Crippen LogP contribution in [-0.4, -0.2) is 62.7 Å². The zero-order valence-electron chi connectivity index (χ0n) is 16.1. The number of carbonyl (C=O) groups is 1. The smallest absolute Gasteiger partial charge is 0.274 e. The molecule has 3 aromatic rings. The lowest BCUT2D eigenvalue weighted by Gasteiger charge is -2.25. The first-order valence-corrected chi connectivity index (χ1v) is 9.81. The molecule has 3 heterocycles. The number of hydrogen-bond donors (Lipinski definition) is 1. The second-order valence-electron chi connectivity index (χ2n) is 7.20. The second-order valence-corrected chi connectivity index (χ2v) is 7.20. The van der Waals surface area contributed by atoms with Crippen molar-refractivity contribution in [1.82, 2.24) is 24.6 Å². The summed E-state index contributed by atoms with van der Waals surface area (Å²) in [5.74, 6) is 0.0320. The van der Waals surface area contributed by atoms with Gasteiger partial charge >= 0.3 is 0 Å². The van der Waals surface area contributed by atoms with Gasteiger partial charge in [0.1, 0.15) is 5.69 Å². The van der Waals surface area contributed by atoms with Crippen molar-refractivity contribution >= 4 is 16.8 Å². The van der Waals surface area contributed by atoms with Gasteiger partial charge in [0.2, 0.25) is 0 Å². The number of nitrogens with zero attached hydrogens (tertiary/aromatic N) is 4. The maximum absolute atomic E-state index is 12.8. The van der Waals surface area contributed by atoms with Crippen molar-refractivity contribution in [3.05, 3.63) is 54.0 Å². The van der Waals surface area contributed by atoms with Crippen molar-refractivity contribution in [2.24, 2.45) is 0 Å². The quantitative estimate of drug-likeness (QED) is 0.731. The van der Waals surface area contributed by atoms with Crippen molar-refractivity contribution < 1.29 is 4.79 Å². The van der Waals surface area contributed by atoms with Gasteiger partial charge in [-0.3, -0.25) is 14.8 Å². The minimum Gasteiger partial charge on any atom is -0.341 e. The maximum Gasteiger partial charge on any atom is 0.274 e. The molecule has 0 saturated carbocycles. The molecule has 1 fully saturated rings. The van der Waals surface area contributed by atoms with Crippen LogP contribution in [0.15, 0.2) is 42.6 Å². The SMILES string of the molecule is CCN(CC)[C@@H]1CCN(C(=O)c2cc(Cn3ccc4ccccc43)[nH]n2)C1. The molecule has 1 saturated heterocycles. The van der Waals surface area contributed by atoms with Crippen molar-refractivity contribution in [3.63, 3.8) is 0 Å². The number of H-pyrrole nitrogens is 1. The lowest BCUT2D eigenvalue weighted by Crippen LogP contribution is -2.38. The molecule has 1 aliphatic heterocycles. The molecule has 0 spiro atoms. The number of hydrogen-bond acceptors (Lipinski definition) is 3. The summed E-state index contributed by atoms with van der Waals surface area (Å²) in [5, 5.41) is 8.54. The van der Waals surface area contributed by atoms with Crippen LogP contribution in [0.2, 0.25) is 0 Å². The van der Waals surface area contributed by atoms with Crippen molar-refractivity contribution in [2.45, 2.75) is 32.9 Å². The number of aromatic amines is 1. The van der Waals surface area contributed by atoms with Crippen LogP contribution in [0.25, 0.3) is 10.9 Å². The fraction of sp³-hybridized carbons (Fsp3) is 0.429. The number of fused-ring (bicyclic) bond motifs is 1. The van der Waals surface area contributed by atoms with E-state index in [9.17, 15) is 4.79 Å². The third-order valence-corrected chi connectivity index (χ3v) is 5.65. The highest BCUT2D eigenvalue weighted by molar-refractivity contribution is 5.92. The maximum atomic E-state index is 12.8. The van der Waals surface area contributed by atoms with Gasteiger partial charge in [0.15, 0.2) is 0 Å². The standard InChI is InChI=1S/C21H27N5O/c1-3-24(4-2)18-10-12-26(15-18)21(27)19-13-17(22-23-19)14-25-11-9-16-7-5-6-8-20(16)25/h5-9,11,13,18H,3-4,10,12,14-15H2,1-2H3,(H,22,23)/t18-/m1/s1. The molecule has 6 nitrogen and oxygen atoms in total. The van der Waals surface area contributed by atoms with Gasteiger partial charge in [-0.1, -0.05) is 32.0 Å². The Hall–Kier alpha value is -2.60. The average molecular weight is 365 g/mol. The van der Waals surface area contributed by atoms with E-state index >= 15 is 0 Å². The summed E-state index contributed by atoms with van der Waals surface area (Å²) in [4.78, 5) is 17.2. The van der Waals surface area contributed by atoms with Gasteiger partial charge in [-0.25, -0.2) is 0 Å². The molecule has 27 heavy (non-hydrogen) atoms. The minimum atomic E-state index is 0.0320. The third-order valence-electron chi connectivity index (χ3n) is 5.65. The van der Waals surface area contributed by atoms with Gasteiger partial charge < -0.3 is 9.47 Å². The number of para-hydroxylation sites is 1. The Morgan fingerprint density at radius 2 is 2.07 bits per heavy atom. The van der Waals surface area contributed by atoms with E-state index in [2.05, 4.69) is 57.9 Å². The summed E-state index contributed by atoms with van der Waals surface area (Å²) in [6.45, 7) is 8.70. The third kappa shape index (κ3) is 3.49. The Kier molecular flexibility index (Phi) is 4.99. The van der Waals surface area contributed by atoms with E-state index in [0.717, 1.165) is 38.3 Å². The number of rotatable bonds is 6. The summed E-state index contributed by atoms with van der Waals surface area (Å²) in [5.41, 5.74) is 2.64. The van der Waals surface area contributed by atoms with Gasteiger partial charge in [0.05, 0.1) is 12.2 Å². The Morgan fingerprint density at radius 3 is 2.89 bits per heavy atom. The molecule has 1 amide bonds. The van der Waals surface area contributed by atoms with Gasteiger partial charge in [0, 0.05) is 30.8 Å². The predicted octanol–water partition coefficient (Wildman–Crippen LogP) is 2.97. The van der Waals surface area contributed by atoms with Crippen LogP contribution in [0.5, 0.6) is 0 Å². The lowest BCUT2D eigenvalue weighted by molar-refractivity contribution is 0.0772. The van der Waals surface area contributed by atoms with Crippen molar-refractivity contribution in [1.29, 1.82) is 0 Å². The molecular formula is C21H27N5O. The molecule has 142 valence electrons. The minimum absolute atomic E-state index is 0.0320. The van der Waals surface area contributed by atoms with Crippen molar-refractivity contribution in [3.8, 4) is 0 Å².